The Morgan fingerprint density at radius 1 is 1.34 bits per heavy atom. The van der Waals surface area contributed by atoms with Crippen molar-refractivity contribution in [3.8, 4) is 0 Å². The summed E-state index contributed by atoms with van der Waals surface area (Å²) in [6, 6.07) is 10.6. The number of piperazine rings is 1. The number of aryl methyl sites for hydroxylation is 1. The average molecular weight is 442 g/mol. The van der Waals surface area contributed by atoms with Crippen LogP contribution in [0.1, 0.15) is 28.5 Å². The number of aromatic nitrogens is 1. The number of halogens is 1. The van der Waals surface area contributed by atoms with Gasteiger partial charge in [0.1, 0.15) is 18.8 Å². The lowest BCUT2D eigenvalue weighted by atomic mass is 10.1. The number of nitrogens with zero attached hydrogens (tertiary/aromatic N) is 2. The minimum atomic E-state index is -3.78. The third kappa shape index (κ3) is 4.93. The number of quaternary nitrogens is 1. The van der Waals surface area contributed by atoms with Crippen LogP contribution >= 0.6 is 12.4 Å². The molecule has 0 aliphatic carbocycles. The van der Waals surface area contributed by atoms with Gasteiger partial charge in [-0.25, -0.2) is 4.79 Å². The molecule has 1 aromatic heterocycles. The molecule has 0 saturated carbocycles. The molecule has 2 heterocycles. The molecule has 10 heteroatoms. The lowest BCUT2D eigenvalue weighted by Crippen LogP contribution is -2.68. The second-order valence-electron chi connectivity index (χ2n) is 7.13. The molecule has 2 aromatic rings. The minimum absolute atomic E-state index is 0. The van der Waals surface area contributed by atoms with Gasteiger partial charge in [0.05, 0.1) is 23.8 Å². The summed E-state index contributed by atoms with van der Waals surface area (Å²) in [6.07, 6.45) is 1.23. The van der Waals surface area contributed by atoms with Crippen LogP contribution in [0.25, 0.3) is 0 Å². The number of pyridine rings is 1. The lowest BCUT2D eigenvalue weighted by molar-refractivity contribution is 0.0696. The molecular formula is C19H26ClN4O4S+. The van der Waals surface area contributed by atoms with Crippen molar-refractivity contribution in [3.63, 3.8) is 0 Å². The van der Waals surface area contributed by atoms with Crippen LogP contribution in [-0.2, 0) is 16.8 Å². The summed E-state index contributed by atoms with van der Waals surface area (Å²) in [4.78, 5) is 15.0. The Hall–Kier alpha value is -2.04. The second kappa shape index (κ2) is 9.19. The van der Waals surface area contributed by atoms with Crippen molar-refractivity contribution in [2.75, 3.05) is 19.6 Å². The summed E-state index contributed by atoms with van der Waals surface area (Å²) in [7, 11) is -3.78. The van der Waals surface area contributed by atoms with E-state index in [2.05, 4.69) is 15.0 Å². The van der Waals surface area contributed by atoms with Crippen LogP contribution in [0.3, 0.4) is 0 Å². The van der Waals surface area contributed by atoms with E-state index in [0.717, 1.165) is 11.3 Å². The van der Waals surface area contributed by atoms with Gasteiger partial charge in [0.2, 0.25) is 0 Å². The molecule has 0 bridgehead atoms. The van der Waals surface area contributed by atoms with Gasteiger partial charge in [0, 0.05) is 24.9 Å². The molecule has 1 saturated heterocycles. The van der Waals surface area contributed by atoms with E-state index in [-0.39, 0.29) is 34.4 Å². The summed E-state index contributed by atoms with van der Waals surface area (Å²) in [5, 5.41) is 12.3. The van der Waals surface area contributed by atoms with Gasteiger partial charge in [-0.15, -0.1) is 12.4 Å². The van der Waals surface area contributed by atoms with Gasteiger partial charge in [0.25, 0.3) is 0 Å². The summed E-state index contributed by atoms with van der Waals surface area (Å²) in [6.45, 7) is 5.32. The topological polar surface area (TPSA) is 108 Å². The number of carbonyl (C=O) groups is 1. The summed E-state index contributed by atoms with van der Waals surface area (Å²) in [5.41, 5.74) is 2.25. The predicted octanol–water partition coefficient (Wildman–Crippen LogP) is 1.84. The Morgan fingerprint density at radius 3 is 2.69 bits per heavy atom. The maximum Gasteiger partial charge on any atom is 0.375 e. The van der Waals surface area contributed by atoms with Crippen molar-refractivity contribution < 1.29 is 18.3 Å². The summed E-state index contributed by atoms with van der Waals surface area (Å²) in [5.74, 6) is -1.07. The van der Waals surface area contributed by atoms with Crippen molar-refractivity contribution in [2.45, 2.75) is 26.4 Å². The fourth-order valence-corrected chi connectivity index (χ4v) is 5.23. The number of benzene rings is 1. The van der Waals surface area contributed by atoms with Crippen LogP contribution < -0.4 is 13.9 Å². The third-order valence-electron chi connectivity index (χ3n) is 4.97. The lowest BCUT2D eigenvalue weighted by Gasteiger charge is -2.41. The van der Waals surface area contributed by atoms with Gasteiger partial charge < -0.3 is 10.4 Å². The van der Waals surface area contributed by atoms with E-state index < -0.39 is 16.2 Å². The molecule has 0 radical (unpaired) electrons. The molecule has 158 valence electrons. The van der Waals surface area contributed by atoms with Gasteiger partial charge in [-0.3, -0.25) is 4.98 Å². The molecule has 1 aliphatic heterocycles. The van der Waals surface area contributed by atoms with Gasteiger partial charge in [-0.05, 0) is 31.5 Å². The van der Waals surface area contributed by atoms with Crippen LogP contribution in [-0.4, -0.2) is 50.2 Å². The first-order valence-corrected chi connectivity index (χ1v) is 10.5. The highest BCUT2D eigenvalue weighted by atomic mass is 35.5. The van der Waals surface area contributed by atoms with Crippen molar-refractivity contribution in [2.24, 2.45) is 0 Å². The van der Waals surface area contributed by atoms with Crippen LogP contribution in [0.2, 0.25) is 0 Å². The van der Waals surface area contributed by atoms with Crippen LogP contribution in [0, 0.1) is 6.92 Å². The molecule has 3 rings (SSSR count). The number of hydrogen-bond donors (Lipinski definition) is 3. The van der Waals surface area contributed by atoms with E-state index in [1.54, 1.807) is 0 Å². The molecule has 29 heavy (non-hydrogen) atoms. The smallest absolute Gasteiger partial charge is 0.375 e. The Kier molecular flexibility index (Phi) is 7.36. The number of carboxylic acid groups (broad SMARTS) is 1. The van der Waals surface area contributed by atoms with Gasteiger partial charge >= 0.3 is 16.2 Å². The van der Waals surface area contributed by atoms with Crippen LogP contribution in [0.5, 0.6) is 0 Å². The quantitative estimate of drug-likeness (QED) is 0.590. The molecule has 1 unspecified atom stereocenters. The first-order valence-electron chi connectivity index (χ1n) is 9.09. The Bertz CT molecular complexity index is 968. The second-order valence-corrected chi connectivity index (χ2v) is 9.07. The molecule has 1 fully saturated rings. The van der Waals surface area contributed by atoms with Gasteiger partial charge in [0.15, 0.2) is 0 Å². The zero-order valence-electron chi connectivity index (χ0n) is 16.3. The van der Waals surface area contributed by atoms with E-state index in [1.165, 1.54) is 18.3 Å². The largest absolute Gasteiger partial charge is 0.478 e. The first-order chi connectivity index (χ1) is 13.2. The monoisotopic (exact) mass is 441 g/mol. The Labute approximate surface area is 177 Å². The fourth-order valence-electron chi connectivity index (χ4n) is 3.51. The number of aromatic carboxylic acids is 1. The predicted molar refractivity (Wildman–Crippen MR) is 114 cm³/mol. The SMILES string of the molecule is Cc1cccc([N@+]2(S(=O)(=O)NCc3ccc(C(=O)O)cn3)CCNC(C)C2)c1.Cl. The maximum absolute atomic E-state index is 13.4. The van der Waals surface area contributed by atoms with Gasteiger partial charge in [-0.1, -0.05) is 12.1 Å². The minimum Gasteiger partial charge on any atom is -0.478 e. The van der Waals surface area contributed by atoms with Crippen LogP contribution in [0.4, 0.5) is 5.69 Å². The van der Waals surface area contributed by atoms with Gasteiger partial charge in [-0.2, -0.15) is 17.0 Å². The van der Waals surface area contributed by atoms with Crippen molar-refractivity contribution >= 4 is 34.3 Å². The third-order valence-corrected chi connectivity index (χ3v) is 6.95. The standard InChI is InChI=1S/C19H24N4O4S.ClH/c1-14-4-3-5-18(10-14)23(9-8-20-15(2)13-23)28(26,27)22-12-17-7-6-16(11-21-17)19(24)25;/h3-7,10-11,15,20,22H,8-9,12-13H2,1-2H3;1H/p+1/t15?,23-;/m0./s1. The summed E-state index contributed by atoms with van der Waals surface area (Å²) >= 11 is 0. The maximum atomic E-state index is 13.4. The number of hydrogen-bond acceptors (Lipinski definition) is 5. The van der Waals surface area contributed by atoms with E-state index >= 15 is 0 Å². The number of rotatable bonds is 6. The molecule has 2 atom stereocenters. The highest BCUT2D eigenvalue weighted by Crippen LogP contribution is 2.30. The van der Waals surface area contributed by atoms with Crippen molar-refractivity contribution in [1.29, 1.82) is 0 Å². The molecule has 8 nitrogen and oxygen atoms in total. The normalized spacial score (nSPS) is 21.9. The highest BCUT2D eigenvalue weighted by Gasteiger charge is 2.47. The first kappa shape index (κ1) is 23.2. The van der Waals surface area contributed by atoms with E-state index in [4.69, 9.17) is 5.11 Å². The molecule has 1 aromatic carbocycles. The van der Waals surface area contributed by atoms with E-state index in [9.17, 15) is 13.2 Å². The van der Waals surface area contributed by atoms with Crippen molar-refractivity contribution in [1.82, 2.24) is 18.9 Å². The molecular weight excluding hydrogens is 416 g/mol. The van der Waals surface area contributed by atoms with Crippen LogP contribution in [0.15, 0.2) is 42.6 Å². The summed E-state index contributed by atoms with van der Waals surface area (Å²) < 4.78 is 29.3. The molecule has 1 aliphatic rings. The molecule has 0 spiro atoms. The van der Waals surface area contributed by atoms with E-state index in [1.807, 2.05) is 38.1 Å². The average Bonchev–Trinajstić information content (AvgIpc) is 2.66. The number of carboxylic acids is 1. The highest BCUT2D eigenvalue weighted by molar-refractivity contribution is 7.89. The Morgan fingerprint density at radius 2 is 2.10 bits per heavy atom. The fraction of sp³-hybridized carbons (Fsp3) is 0.368. The van der Waals surface area contributed by atoms with Crippen molar-refractivity contribution in [3.05, 3.63) is 59.4 Å². The molecule has 0 amide bonds. The number of nitrogens with one attached hydrogen (secondary N) is 2. The zero-order valence-corrected chi connectivity index (χ0v) is 18.0. The zero-order chi connectivity index (χ0) is 20.4. The molecule has 3 N–H and O–H groups in total. The van der Waals surface area contributed by atoms with E-state index in [0.29, 0.717) is 25.3 Å². The Balaban J connectivity index is 0.00000300.